The summed E-state index contributed by atoms with van der Waals surface area (Å²) < 4.78 is 45.1. The van der Waals surface area contributed by atoms with Crippen LogP contribution in [0.5, 0.6) is 0 Å². The molecule has 0 saturated carbocycles. The number of hydrogen-bond acceptors (Lipinski definition) is 5. The molecule has 0 bridgehead atoms. The number of rotatable bonds is 6. The first-order valence-corrected chi connectivity index (χ1v) is 7.69. The van der Waals surface area contributed by atoms with Gasteiger partial charge in [0.15, 0.2) is 12.4 Å². The van der Waals surface area contributed by atoms with Gasteiger partial charge in [-0.25, -0.2) is 22.8 Å². The van der Waals surface area contributed by atoms with E-state index in [1.54, 1.807) is 6.07 Å². The van der Waals surface area contributed by atoms with Gasteiger partial charge in [0.2, 0.25) is 6.30 Å². The van der Waals surface area contributed by atoms with Gasteiger partial charge in [0, 0.05) is 9.86 Å². The summed E-state index contributed by atoms with van der Waals surface area (Å²) in [4.78, 5) is 27.1. The summed E-state index contributed by atoms with van der Waals surface area (Å²) in [5.74, 6) is -1.66. The molecule has 0 aliphatic rings. The molecule has 26 heavy (non-hydrogen) atoms. The molecule has 0 radical (unpaired) electrons. The number of ether oxygens (including phenoxy) is 1. The maximum atomic E-state index is 14.0. The van der Waals surface area contributed by atoms with Crippen molar-refractivity contribution in [1.29, 1.82) is 0 Å². The van der Waals surface area contributed by atoms with Crippen LogP contribution < -0.4 is 11.5 Å². The maximum absolute atomic E-state index is 14.0. The molecule has 1 unspecified atom stereocenters. The number of aromatic nitrogens is 1. The largest absolute Gasteiger partial charge is 0.441 e. The van der Waals surface area contributed by atoms with Crippen LogP contribution in [-0.2, 0) is 9.57 Å². The van der Waals surface area contributed by atoms with E-state index in [-0.39, 0.29) is 5.52 Å². The molecule has 0 saturated heterocycles. The van der Waals surface area contributed by atoms with Crippen molar-refractivity contribution in [3.05, 3.63) is 34.4 Å². The molecule has 0 fully saturated rings. The number of amides is 1. The highest BCUT2D eigenvalue weighted by Gasteiger charge is 2.29. The second kappa shape index (κ2) is 8.08. The SMILES string of the molecule is NC(=O)OCC(N)=NOC(=O)c1cc2c(Br)cccc2n1C(F)C(F)F. The summed E-state index contributed by atoms with van der Waals surface area (Å²) in [6.07, 6.45) is -7.30. The molecule has 1 aromatic heterocycles. The number of carbonyl (C=O) groups is 2. The van der Waals surface area contributed by atoms with Crippen molar-refractivity contribution in [3.63, 3.8) is 0 Å². The predicted molar refractivity (Wildman–Crippen MR) is 88.4 cm³/mol. The Labute approximate surface area is 152 Å². The molecule has 0 spiro atoms. The minimum absolute atomic E-state index is 0.0492. The highest BCUT2D eigenvalue weighted by molar-refractivity contribution is 9.10. The van der Waals surface area contributed by atoms with Gasteiger partial charge in [-0.05, 0) is 18.2 Å². The third kappa shape index (κ3) is 4.25. The normalized spacial score (nSPS) is 13.0. The molecule has 140 valence electrons. The first kappa shape index (κ1) is 19.6. The lowest BCUT2D eigenvalue weighted by molar-refractivity contribution is 0.00708. The summed E-state index contributed by atoms with van der Waals surface area (Å²) in [6.45, 7) is -0.556. The Morgan fingerprint density at radius 2 is 1.96 bits per heavy atom. The van der Waals surface area contributed by atoms with Crippen LogP contribution in [0.4, 0.5) is 18.0 Å². The number of nitrogens with zero attached hydrogens (tertiary/aromatic N) is 2. The molecule has 8 nitrogen and oxygen atoms in total. The van der Waals surface area contributed by atoms with Gasteiger partial charge in [-0.1, -0.05) is 27.2 Å². The molecule has 4 N–H and O–H groups in total. The van der Waals surface area contributed by atoms with E-state index in [0.717, 1.165) is 0 Å². The van der Waals surface area contributed by atoms with E-state index in [0.29, 0.717) is 14.4 Å². The van der Waals surface area contributed by atoms with Crippen molar-refractivity contribution in [1.82, 2.24) is 4.57 Å². The standard InChI is InChI=1S/C14H12BrF3N4O4/c15-7-2-1-3-8-6(7)4-9(22(8)12(18)11(16)17)13(23)26-21-10(19)5-25-14(20)24/h1-4,11-12H,5H2,(H2,19,21)(H2,20,24). The van der Waals surface area contributed by atoms with Gasteiger partial charge < -0.3 is 21.0 Å². The van der Waals surface area contributed by atoms with Crippen LogP contribution in [0.3, 0.4) is 0 Å². The Hall–Kier alpha value is -2.76. The zero-order valence-electron chi connectivity index (χ0n) is 12.9. The average Bonchev–Trinajstić information content (AvgIpc) is 2.97. The van der Waals surface area contributed by atoms with Gasteiger partial charge in [0.25, 0.3) is 6.43 Å². The average molecular weight is 437 g/mol. The third-order valence-corrected chi connectivity index (χ3v) is 3.79. The molecule has 2 rings (SSSR count). The lowest BCUT2D eigenvalue weighted by atomic mass is 10.2. The van der Waals surface area contributed by atoms with Crippen molar-refractivity contribution < 1.29 is 32.3 Å². The highest BCUT2D eigenvalue weighted by Crippen LogP contribution is 2.32. The monoisotopic (exact) mass is 436 g/mol. The van der Waals surface area contributed by atoms with Crippen molar-refractivity contribution in [2.75, 3.05) is 6.61 Å². The summed E-state index contributed by atoms with van der Waals surface area (Å²) in [5, 5.41) is 3.50. The first-order valence-electron chi connectivity index (χ1n) is 6.90. The van der Waals surface area contributed by atoms with Gasteiger partial charge in [-0.3, -0.25) is 4.57 Å². The Bertz CT molecular complexity index is 871. The Kier molecular flexibility index (Phi) is 6.08. The summed E-state index contributed by atoms with van der Waals surface area (Å²) >= 11 is 3.19. The molecule has 1 aromatic carbocycles. The third-order valence-electron chi connectivity index (χ3n) is 3.10. The van der Waals surface area contributed by atoms with E-state index in [4.69, 9.17) is 11.5 Å². The molecule has 1 atom stereocenters. The van der Waals surface area contributed by atoms with Crippen LogP contribution in [0.25, 0.3) is 10.9 Å². The topological polar surface area (TPSA) is 122 Å². The summed E-state index contributed by atoms with van der Waals surface area (Å²) in [5.41, 5.74) is 9.59. The van der Waals surface area contributed by atoms with Crippen molar-refractivity contribution >= 4 is 44.7 Å². The van der Waals surface area contributed by atoms with Crippen molar-refractivity contribution in [2.45, 2.75) is 12.7 Å². The Morgan fingerprint density at radius 3 is 2.58 bits per heavy atom. The zero-order chi connectivity index (χ0) is 19.4. The fourth-order valence-corrected chi connectivity index (χ4v) is 2.54. The van der Waals surface area contributed by atoms with Crippen LogP contribution in [0, 0.1) is 0 Å². The second-order valence-electron chi connectivity index (χ2n) is 4.85. The molecule has 1 amide bonds. The number of benzene rings is 1. The van der Waals surface area contributed by atoms with E-state index >= 15 is 0 Å². The van der Waals surface area contributed by atoms with E-state index in [2.05, 4.69) is 30.7 Å². The van der Waals surface area contributed by atoms with Crippen LogP contribution in [-0.4, -0.2) is 35.5 Å². The van der Waals surface area contributed by atoms with E-state index in [1.165, 1.54) is 18.2 Å². The number of alkyl halides is 3. The van der Waals surface area contributed by atoms with E-state index in [9.17, 15) is 22.8 Å². The van der Waals surface area contributed by atoms with Crippen LogP contribution in [0.15, 0.2) is 33.9 Å². The fraction of sp³-hybridized carbons (Fsp3) is 0.214. The minimum Gasteiger partial charge on any atom is -0.441 e. The van der Waals surface area contributed by atoms with Gasteiger partial charge in [-0.2, -0.15) is 0 Å². The fourth-order valence-electron chi connectivity index (χ4n) is 2.07. The predicted octanol–water partition coefficient (Wildman–Crippen LogP) is 2.66. The summed E-state index contributed by atoms with van der Waals surface area (Å²) in [6, 6.07) is 5.62. The molecule has 2 aromatic rings. The van der Waals surface area contributed by atoms with Crippen LogP contribution in [0.1, 0.15) is 16.8 Å². The smallest absolute Gasteiger partial charge is 0.404 e. The zero-order valence-corrected chi connectivity index (χ0v) is 14.5. The number of nitrogens with two attached hydrogens (primary N) is 2. The number of primary amides is 1. The van der Waals surface area contributed by atoms with Crippen molar-refractivity contribution in [3.8, 4) is 0 Å². The highest BCUT2D eigenvalue weighted by atomic mass is 79.9. The number of oxime groups is 1. The minimum atomic E-state index is -3.38. The van der Waals surface area contributed by atoms with Crippen molar-refractivity contribution in [2.24, 2.45) is 16.6 Å². The number of hydrogen-bond donors (Lipinski definition) is 2. The molecule has 1 heterocycles. The van der Waals surface area contributed by atoms with Crippen LogP contribution in [0.2, 0.25) is 0 Å². The second-order valence-corrected chi connectivity index (χ2v) is 5.70. The van der Waals surface area contributed by atoms with Gasteiger partial charge >= 0.3 is 12.1 Å². The number of amidine groups is 1. The first-order chi connectivity index (χ1) is 12.2. The maximum Gasteiger partial charge on any atom is 0.404 e. The molecule has 0 aliphatic carbocycles. The molecule has 0 aliphatic heterocycles. The Morgan fingerprint density at radius 1 is 1.27 bits per heavy atom. The molecular weight excluding hydrogens is 425 g/mol. The summed E-state index contributed by atoms with van der Waals surface area (Å²) in [7, 11) is 0. The Balaban J connectivity index is 2.37. The number of carbonyl (C=O) groups excluding carboxylic acids is 2. The number of halogens is 4. The van der Waals surface area contributed by atoms with E-state index < -0.39 is 42.9 Å². The molecular formula is C14H12BrF3N4O4. The van der Waals surface area contributed by atoms with E-state index in [1.807, 2.05) is 0 Å². The van der Waals surface area contributed by atoms with Gasteiger partial charge in [0.1, 0.15) is 5.69 Å². The molecule has 12 heteroatoms. The van der Waals surface area contributed by atoms with Crippen LogP contribution >= 0.6 is 15.9 Å². The quantitative estimate of drug-likeness (QED) is 0.312. The number of fused-ring (bicyclic) bond motifs is 1. The lowest BCUT2D eigenvalue weighted by Crippen LogP contribution is -2.25. The van der Waals surface area contributed by atoms with Gasteiger partial charge in [0.05, 0.1) is 5.52 Å². The van der Waals surface area contributed by atoms with Gasteiger partial charge in [-0.15, -0.1) is 0 Å². The lowest BCUT2D eigenvalue weighted by Gasteiger charge is -2.13.